The number of carboxylic acids is 1. The van der Waals surface area contributed by atoms with Gasteiger partial charge in [0.05, 0.1) is 13.5 Å². The van der Waals surface area contributed by atoms with Crippen LogP contribution in [0.5, 0.6) is 5.75 Å². The lowest BCUT2D eigenvalue weighted by atomic mass is 9.92. The fourth-order valence-corrected chi connectivity index (χ4v) is 4.78. The Bertz CT molecular complexity index is 717. The van der Waals surface area contributed by atoms with E-state index in [1.807, 2.05) is 13.8 Å². The predicted octanol–water partition coefficient (Wildman–Crippen LogP) is 0.926. The summed E-state index contributed by atoms with van der Waals surface area (Å²) in [5.41, 5.74) is 6.50. The maximum atomic E-state index is 13.0. The van der Waals surface area contributed by atoms with Gasteiger partial charge < -0.3 is 15.6 Å². The number of carbonyl (C=O) groups is 1. The summed E-state index contributed by atoms with van der Waals surface area (Å²) >= 11 is 0. The molecule has 2 rings (SSSR count). The number of rotatable bonds is 6. The highest BCUT2D eigenvalue weighted by Gasteiger charge is 2.39. The summed E-state index contributed by atoms with van der Waals surface area (Å²) in [6.07, 6.45) is -0.249. The molecule has 1 fully saturated rings. The van der Waals surface area contributed by atoms with Crippen LogP contribution in [-0.2, 0) is 21.2 Å². The SMILES string of the molecule is COc1ccc(CC(=O)O)cc1S(=O)(=O)N1C[C@@H](N)[C@H](C(C)C)C1. The van der Waals surface area contributed by atoms with E-state index in [9.17, 15) is 13.2 Å². The van der Waals surface area contributed by atoms with E-state index in [1.165, 1.54) is 23.5 Å². The van der Waals surface area contributed by atoms with Crippen LogP contribution in [0.2, 0.25) is 0 Å². The van der Waals surface area contributed by atoms with Gasteiger partial charge in [-0.3, -0.25) is 4.79 Å². The van der Waals surface area contributed by atoms with Crippen molar-refractivity contribution >= 4 is 16.0 Å². The number of hydrogen-bond donors (Lipinski definition) is 2. The molecule has 3 N–H and O–H groups in total. The number of hydrogen-bond acceptors (Lipinski definition) is 5. The van der Waals surface area contributed by atoms with Crippen LogP contribution in [0.25, 0.3) is 0 Å². The van der Waals surface area contributed by atoms with E-state index >= 15 is 0 Å². The molecule has 8 heteroatoms. The molecule has 0 radical (unpaired) electrons. The van der Waals surface area contributed by atoms with Crippen LogP contribution in [0.4, 0.5) is 0 Å². The van der Waals surface area contributed by atoms with Crippen LogP contribution in [-0.4, -0.2) is 50.0 Å². The Morgan fingerprint density at radius 1 is 1.42 bits per heavy atom. The van der Waals surface area contributed by atoms with Crippen molar-refractivity contribution in [2.75, 3.05) is 20.2 Å². The number of sulfonamides is 1. The first kappa shape index (κ1) is 18.7. The van der Waals surface area contributed by atoms with Gasteiger partial charge in [0, 0.05) is 19.1 Å². The molecule has 1 aliphatic rings. The van der Waals surface area contributed by atoms with Crippen molar-refractivity contribution < 1.29 is 23.1 Å². The predicted molar refractivity (Wildman–Crippen MR) is 89.4 cm³/mol. The molecule has 0 bridgehead atoms. The average Bonchev–Trinajstić information content (AvgIpc) is 2.89. The van der Waals surface area contributed by atoms with Crippen LogP contribution >= 0.6 is 0 Å². The summed E-state index contributed by atoms with van der Waals surface area (Å²) in [5.74, 6) is -0.453. The van der Waals surface area contributed by atoms with Gasteiger partial charge in [0.15, 0.2) is 0 Å². The van der Waals surface area contributed by atoms with Crippen LogP contribution < -0.4 is 10.5 Å². The first-order valence-electron chi connectivity index (χ1n) is 7.81. The van der Waals surface area contributed by atoms with Gasteiger partial charge in [0.1, 0.15) is 10.6 Å². The Balaban J connectivity index is 2.40. The Hall–Kier alpha value is -1.64. The first-order chi connectivity index (χ1) is 11.2. The standard InChI is InChI=1S/C16H24N2O5S/c1-10(2)12-8-18(9-13(12)17)24(21,22)15-6-11(7-16(19)20)4-5-14(15)23-3/h4-6,10,12-13H,7-9,17H2,1-3H3,(H,19,20)/t12-,13+/m0/s1. The monoisotopic (exact) mass is 356 g/mol. The quantitative estimate of drug-likeness (QED) is 0.784. The third kappa shape index (κ3) is 3.71. The molecular weight excluding hydrogens is 332 g/mol. The number of ether oxygens (including phenoxy) is 1. The molecule has 1 aromatic rings. The third-order valence-corrected chi connectivity index (χ3v) is 6.29. The number of benzene rings is 1. The Morgan fingerprint density at radius 3 is 2.58 bits per heavy atom. The van der Waals surface area contributed by atoms with E-state index in [-0.39, 0.29) is 41.5 Å². The minimum absolute atomic E-state index is 0.0136. The zero-order chi connectivity index (χ0) is 18.1. The summed E-state index contributed by atoms with van der Waals surface area (Å²) in [5, 5.41) is 8.92. The van der Waals surface area contributed by atoms with E-state index in [0.29, 0.717) is 12.1 Å². The van der Waals surface area contributed by atoms with E-state index in [4.69, 9.17) is 15.6 Å². The van der Waals surface area contributed by atoms with Crippen molar-refractivity contribution in [3.63, 3.8) is 0 Å². The molecular formula is C16H24N2O5S. The zero-order valence-electron chi connectivity index (χ0n) is 14.1. The second-order valence-electron chi connectivity index (χ2n) is 6.45. The van der Waals surface area contributed by atoms with Crippen molar-refractivity contribution in [2.45, 2.75) is 31.2 Å². The van der Waals surface area contributed by atoms with E-state index < -0.39 is 16.0 Å². The van der Waals surface area contributed by atoms with Gasteiger partial charge in [-0.2, -0.15) is 4.31 Å². The molecule has 0 amide bonds. The molecule has 2 atom stereocenters. The third-order valence-electron chi connectivity index (χ3n) is 4.44. The van der Waals surface area contributed by atoms with Crippen molar-refractivity contribution in [3.8, 4) is 5.75 Å². The Kier molecular flexibility index (Phi) is 5.52. The second-order valence-corrected chi connectivity index (χ2v) is 8.36. The smallest absolute Gasteiger partial charge is 0.307 e. The highest BCUT2D eigenvalue weighted by Crippen LogP contribution is 2.32. The lowest BCUT2D eigenvalue weighted by Gasteiger charge is -2.20. The molecule has 134 valence electrons. The highest BCUT2D eigenvalue weighted by atomic mass is 32.2. The molecule has 1 heterocycles. The van der Waals surface area contributed by atoms with Crippen molar-refractivity contribution in [3.05, 3.63) is 23.8 Å². The number of aliphatic carboxylic acids is 1. The van der Waals surface area contributed by atoms with Gasteiger partial charge in [-0.25, -0.2) is 8.42 Å². The molecule has 0 aromatic heterocycles. The summed E-state index contributed by atoms with van der Waals surface area (Å²) in [7, 11) is -2.42. The van der Waals surface area contributed by atoms with E-state index in [1.54, 1.807) is 6.07 Å². The van der Waals surface area contributed by atoms with Crippen molar-refractivity contribution in [1.29, 1.82) is 0 Å². The summed E-state index contributed by atoms with van der Waals surface area (Å²) in [6.45, 7) is 4.65. The fourth-order valence-electron chi connectivity index (χ4n) is 3.06. The minimum Gasteiger partial charge on any atom is -0.495 e. The topological polar surface area (TPSA) is 110 Å². The van der Waals surface area contributed by atoms with Gasteiger partial charge in [-0.15, -0.1) is 0 Å². The maximum absolute atomic E-state index is 13.0. The molecule has 1 saturated heterocycles. The van der Waals surface area contributed by atoms with E-state index in [0.717, 1.165) is 0 Å². The molecule has 24 heavy (non-hydrogen) atoms. The first-order valence-corrected chi connectivity index (χ1v) is 9.25. The molecule has 7 nitrogen and oxygen atoms in total. The van der Waals surface area contributed by atoms with Gasteiger partial charge in [0.25, 0.3) is 0 Å². The molecule has 1 aromatic carbocycles. The molecule has 0 unspecified atom stereocenters. The van der Waals surface area contributed by atoms with Gasteiger partial charge in [-0.1, -0.05) is 19.9 Å². The lowest BCUT2D eigenvalue weighted by Crippen LogP contribution is -2.33. The number of nitrogens with zero attached hydrogens (tertiary/aromatic N) is 1. The molecule has 0 spiro atoms. The molecule has 0 aliphatic carbocycles. The number of carboxylic acid groups (broad SMARTS) is 1. The molecule has 0 saturated carbocycles. The summed E-state index contributed by atoms with van der Waals surface area (Å²) < 4.78 is 32.6. The maximum Gasteiger partial charge on any atom is 0.307 e. The van der Waals surface area contributed by atoms with Crippen LogP contribution in [0.1, 0.15) is 19.4 Å². The Labute approximate surface area is 142 Å². The van der Waals surface area contributed by atoms with Gasteiger partial charge in [0.2, 0.25) is 10.0 Å². The minimum atomic E-state index is -3.80. The zero-order valence-corrected chi connectivity index (χ0v) is 14.9. The van der Waals surface area contributed by atoms with Crippen LogP contribution in [0.3, 0.4) is 0 Å². The summed E-state index contributed by atoms with van der Waals surface area (Å²) in [4.78, 5) is 10.9. The normalized spacial score (nSPS) is 22.0. The van der Waals surface area contributed by atoms with Crippen LogP contribution in [0.15, 0.2) is 23.1 Å². The number of methoxy groups -OCH3 is 1. The van der Waals surface area contributed by atoms with Gasteiger partial charge >= 0.3 is 5.97 Å². The van der Waals surface area contributed by atoms with Gasteiger partial charge in [-0.05, 0) is 29.5 Å². The average molecular weight is 356 g/mol. The van der Waals surface area contributed by atoms with Crippen molar-refractivity contribution in [2.24, 2.45) is 17.6 Å². The largest absolute Gasteiger partial charge is 0.495 e. The van der Waals surface area contributed by atoms with Crippen LogP contribution in [0, 0.1) is 11.8 Å². The molecule has 1 aliphatic heterocycles. The lowest BCUT2D eigenvalue weighted by molar-refractivity contribution is -0.136. The number of nitrogens with two attached hydrogens (primary N) is 1. The van der Waals surface area contributed by atoms with E-state index in [2.05, 4.69) is 0 Å². The highest BCUT2D eigenvalue weighted by molar-refractivity contribution is 7.89. The fraction of sp³-hybridized carbons (Fsp3) is 0.562. The second kappa shape index (κ2) is 7.08. The Morgan fingerprint density at radius 2 is 2.08 bits per heavy atom. The summed E-state index contributed by atoms with van der Waals surface area (Å²) in [6, 6.07) is 4.20. The van der Waals surface area contributed by atoms with Crippen molar-refractivity contribution in [1.82, 2.24) is 4.31 Å².